The zero-order valence-corrected chi connectivity index (χ0v) is 16.6. The van der Waals surface area contributed by atoms with E-state index in [1.165, 1.54) is 36.2 Å². The molecule has 4 rings (SSSR count). The van der Waals surface area contributed by atoms with Gasteiger partial charge in [0.25, 0.3) is 5.91 Å². The molecule has 2 aromatic rings. The molecule has 27 heavy (non-hydrogen) atoms. The molecule has 5 heteroatoms. The van der Waals surface area contributed by atoms with Crippen LogP contribution in [0.3, 0.4) is 0 Å². The topological polar surface area (TPSA) is 41.6 Å². The summed E-state index contributed by atoms with van der Waals surface area (Å²) in [7, 11) is 0. The molecule has 144 valence electrons. The van der Waals surface area contributed by atoms with E-state index in [0.717, 1.165) is 61.1 Å². The van der Waals surface area contributed by atoms with Gasteiger partial charge in [-0.05, 0) is 80.6 Å². The van der Waals surface area contributed by atoms with Crippen molar-refractivity contribution in [3.05, 3.63) is 46.2 Å². The third-order valence-corrected chi connectivity index (χ3v) is 6.43. The molecule has 1 aromatic heterocycles. The highest BCUT2D eigenvalue weighted by molar-refractivity contribution is 7.12. The average molecular weight is 385 g/mol. The van der Waals surface area contributed by atoms with Gasteiger partial charge in [0.2, 0.25) is 0 Å². The maximum Gasteiger partial charge on any atom is 0.268 e. The minimum absolute atomic E-state index is 0.0929. The number of aryl methyl sites for hydroxylation is 1. The van der Waals surface area contributed by atoms with Gasteiger partial charge >= 0.3 is 0 Å². The number of nitrogens with one attached hydrogen (secondary N) is 1. The standard InChI is InChI=1S/C22H28N2O2S/c25-22(20-11-5-15-27-20)24-13-3-9-18-8-1-10-19(21(18)24)26-14-4-7-17-6-2-12-23-16-17/h1,5,8,10-11,15,17,23H,2-4,6-7,9,12-14,16H2. The Morgan fingerprint density at radius 2 is 2.22 bits per heavy atom. The SMILES string of the molecule is O=C(c1cccs1)N1CCCc2cccc(OCCCC3CCCNC3)c21. The lowest BCUT2D eigenvalue weighted by atomic mass is 9.95. The summed E-state index contributed by atoms with van der Waals surface area (Å²) < 4.78 is 6.18. The van der Waals surface area contributed by atoms with Crippen molar-refractivity contribution >= 4 is 22.9 Å². The van der Waals surface area contributed by atoms with Crippen LogP contribution in [0.4, 0.5) is 5.69 Å². The van der Waals surface area contributed by atoms with Gasteiger partial charge in [0, 0.05) is 6.54 Å². The molecule has 1 atom stereocenters. The van der Waals surface area contributed by atoms with Gasteiger partial charge in [-0.3, -0.25) is 4.79 Å². The van der Waals surface area contributed by atoms with E-state index in [1.807, 2.05) is 28.5 Å². The van der Waals surface area contributed by atoms with Gasteiger partial charge < -0.3 is 15.0 Å². The normalized spacial score (nSPS) is 19.6. The summed E-state index contributed by atoms with van der Waals surface area (Å²) >= 11 is 1.50. The van der Waals surface area contributed by atoms with Gasteiger partial charge in [-0.15, -0.1) is 11.3 Å². The van der Waals surface area contributed by atoms with Crippen LogP contribution in [-0.4, -0.2) is 32.1 Å². The summed E-state index contributed by atoms with van der Waals surface area (Å²) in [5.41, 5.74) is 2.21. The number of anilines is 1. The molecule has 0 aliphatic carbocycles. The molecule has 4 nitrogen and oxygen atoms in total. The number of hydrogen-bond donors (Lipinski definition) is 1. The quantitative estimate of drug-likeness (QED) is 0.746. The number of carbonyl (C=O) groups excluding carboxylic acids is 1. The second kappa shape index (κ2) is 8.89. The largest absolute Gasteiger partial charge is 0.491 e. The van der Waals surface area contributed by atoms with Crippen molar-refractivity contribution in [2.24, 2.45) is 5.92 Å². The number of piperidine rings is 1. The molecule has 1 fully saturated rings. The van der Waals surface area contributed by atoms with E-state index < -0.39 is 0 Å². The summed E-state index contributed by atoms with van der Waals surface area (Å²) in [4.78, 5) is 15.7. The van der Waals surface area contributed by atoms with Crippen LogP contribution in [0.25, 0.3) is 0 Å². The van der Waals surface area contributed by atoms with E-state index >= 15 is 0 Å². The third kappa shape index (κ3) is 4.36. The Labute approximate surface area is 165 Å². The summed E-state index contributed by atoms with van der Waals surface area (Å²) in [6.45, 7) is 3.78. The van der Waals surface area contributed by atoms with Crippen molar-refractivity contribution in [1.82, 2.24) is 5.32 Å². The number of fused-ring (bicyclic) bond motifs is 1. The molecule has 0 bridgehead atoms. The van der Waals surface area contributed by atoms with Gasteiger partial charge in [0.1, 0.15) is 5.75 Å². The highest BCUT2D eigenvalue weighted by atomic mass is 32.1. The molecule has 1 unspecified atom stereocenters. The number of para-hydroxylation sites is 1. The number of amides is 1. The minimum atomic E-state index is 0.0929. The number of nitrogens with zero attached hydrogens (tertiary/aromatic N) is 1. The predicted octanol–water partition coefficient (Wildman–Crippen LogP) is 4.50. The summed E-state index contributed by atoms with van der Waals surface area (Å²) in [5, 5.41) is 5.44. The Hall–Kier alpha value is -1.85. The van der Waals surface area contributed by atoms with Gasteiger partial charge in [-0.2, -0.15) is 0 Å². The Kier molecular flexibility index (Phi) is 6.10. The van der Waals surface area contributed by atoms with Gasteiger partial charge in [0.05, 0.1) is 17.2 Å². The predicted molar refractivity (Wildman–Crippen MR) is 111 cm³/mol. The molecule has 2 aliphatic rings. The molecular formula is C22H28N2O2S. The van der Waals surface area contributed by atoms with Crippen molar-refractivity contribution in [1.29, 1.82) is 0 Å². The molecule has 0 spiro atoms. The number of thiophene rings is 1. The van der Waals surface area contributed by atoms with E-state index in [9.17, 15) is 4.79 Å². The van der Waals surface area contributed by atoms with E-state index in [1.54, 1.807) is 0 Å². The van der Waals surface area contributed by atoms with Crippen molar-refractivity contribution in [2.45, 2.75) is 38.5 Å². The molecule has 3 heterocycles. The molecule has 0 radical (unpaired) electrons. The fourth-order valence-electron chi connectivity index (χ4n) is 4.19. The van der Waals surface area contributed by atoms with Crippen molar-refractivity contribution < 1.29 is 9.53 Å². The third-order valence-electron chi connectivity index (χ3n) is 5.57. The maximum atomic E-state index is 13.0. The molecule has 0 saturated carbocycles. The Morgan fingerprint density at radius 3 is 3.04 bits per heavy atom. The number of benzene rings is 1. The Bertz CT molecular complexity index is 754. The van der Waals surface area contributed by atoms with Crippen molar-refractivity contribution in [3.8, 4) is 5.75 Å². The van der Waals surface area contributed by atoms with E-state index in [4.69, 9.17) is 4.74 Å². The first-order valence-corrected chi connectivity index (χ1v) is 11.0. The molecule has 1 aromatic carbocycles. The van der Waals surface area contributed by atoms with Crippen LogP contribution in [-0.2, 0) is 6.42 Å². The van der Waals surface area contributed by atoms with E-state index in [2.05, 4.69) is 17.4 Å². The Balaban J connectivity index is 1.43. The fourth-order valence-corrected chi connectivity index (χ4v) is 4.86. The van der Waals surface area contributed by atoms with Crippen LogP contribution >= 0.6 is 11.3 Å². The van der Waals surface area contributed by atoms with E-state index in [0.29, 0.717) is 6.61 Å². The molecule has 2 aliphatic heterocycles. The van der Waals surface area contributed by atoms with E-state index in [-0.39, 0.29) is 5.91 Å². The number of hydrogen-bond acceptors (Lipinski definition) is 4. The van der Waals surface area contributed by atoms with Crippen LogP contribution in [0.2, 0.25) is 0 Å². The van der Waals surface area contributed by atoms with Crippen molar-refractivity contribution in [3.63, 3.8) is 0 Å². The first-order chi connectivity index (χ1) is 13.3. The zero-order chi connectivity index (χ0) is 18.5. The molecule has 1 amide bonds. The van der Waals surface area contributed by atoms with Gasteiger partial charge in [0.15, 0.2) is 0 Å². The lowest BCUT2D eigenvalue weighted by Crippen LogP contribution is -2.35. The molecule has 1 N–H and O–H groups in total. The number of ether oxygens (including phenoxy) is 1. The van der Waals surface area contributed by atoms with Gasteiger partial charge in [-0.1, -0.05) is 18.2 Å². The molecule has 1 saturated heterocycles. The summed E-state index contributed by atoms with van der Waals surface area (Å²) in [6.07, 6.45) is 6.90. The lowest BCUT2D eigenvalue weighted by molar-refractivity contribution is 0.0988. The second-order valence-electron chi connectivity index (χ2n) is 7.50. The van der Waals surface area contributed by atoms with Crippen LogP contribution in [0.1, 0.15) is 47.3 Å². The number of rotatable bonds is 6. The van der Waals surface area contributed by atoms with Crippen LogP contribution in [0, 0.1) is 5.92 Å². The first-order valence-electron chi connectivity index (χ1n) is 10.1. The average Bonchev–Trinajstić information content (AvgIpc) is 3.26. The fraction of sp³-hybridized carbons (Fsp3) is 0.500. The molecular weight excluding hydrogens is 356 g/mol. The highest BCUT2D eigenvalue weighted by Gasteiger charge is 2.27. The number of carbonyl (C=O) groups is 1. The van der Waals surface area contributed by atoms with Crippen LogP contribution < -0.4 is 15.0 Å². The highest BCUT2D eigenvalue weighted by Crippen LogP contribution is 2.37. The summed E-state index contributed by atoms with van der Waals surface area (Å²) in [5.74, 6) is 1.73. The van der Waals surface area contributed by atoms with Crippen molar-refractivity contribution in [2.75, 3.05) is 31.1 Å². The second-order valence-corrected chi connectivity index (χ2v) is 8.45. The first kappa shape index (κ1) is 18.5. The minimum Gasteiger partial charge on any atom is -0.491 e. The monoisotopic (exact) mass is 384 g/mol. The Morgan fingerprint density at radius 1 is 1.26 bits per heavy atom. The van der Waals surface area contributed by atoms with Crippen LogP contribution in [0.15, 0.2) is 35.7 Å². The zero-order valence-electron chi connectivity index (χ0n) is 15.8. The smallest absolute Gasteiger partial charge is 0.268 e. The van der Waals surface area contributed by atoms with Gasteiger partial charge in [-0.25, -0.2) is 0 Å². The van der Waals surface area contributed by atoms with Crippen LogP contribution in [0.5, 0.6) is 5.75 Å². The lowest BCUT2D eigenvalue weighted by Gasteiger charge is -2.31. The summed E-state index contributed by atoms with van der Waals surface area (Å²) in [6, 6.07) is 10.0. The maximum absolute atomic E-state index is 13.0.